The Hall–Kier alpha value is -0.690. The number of rotatable bonds is 2. The maximum Gasteiger partial charge on any atom is 0.0455 e. The number of benzene rings is 1. The molecular weight excluding hydrogens is 194 g/mol. The molecule has 1 nitrogen and oxygen atoms in total. The van der Waals surface area contributed by atoms with Crippen LogP contribution in [-0.2, 0) is 0 Å². The highest BCUT2D eigenvalue weighted by molar-refractivity contribution is 6.31. The normalized spacial score (nSPS) is 25.6. The van der Waals surface area contributed by atoms with Gasteiger partial charge in [0.15, 0.2) is 0 Å². The smallest absolute Gasteiger partial charge is 0.0455 e. The molecule has 76 valence electrons. The molecule has 0 unspecified atom stereocenters. The van der Waals surface area contributed by atoms with Crippen molar-refractivity contribution in [2.75, 3.05) is 5.32 Å². The van der Waals surface area contributed by atoms with E-state index in [4.69, 9.17) is 11.6 Å². The molecule has 1 aromatic carbocycles. The van der Waals surface area contributed by atoms with E-state index in [-0.39, 0.29) is 0 Å². The number of hydrogen-bond acceptors (Lipinski definition) is 1. The first-order chi connectivity index (χ1) is 6.66. The van der Waals surface area contributed by atoms with Gasteiger partial charge >= 0.3 is 0 Å². The second-order valence-electron chi connectivity index (χ2n) is 4.33. The lowest BCUT2D eigenvalue weighted by Gasteiger charge is -2.34. The molecule has 1 aromatic rings. The Balaban J connectivity index is 2.06. The summed E-state index contributed by atoms with van der Waals surface area (Å²) in [5, 5.41) is 4.38. The topological polar surface area (TPSA) is 12.0 Å². The van der Waals surface area contributed by atoms with E-state index < -0.39 is 0 Å². The molecule has 0 spiro atoms. The van der Waals surface area contributed by atoms with Gasteiger partial charge in [0.1, 0.15) is 0 Å². The summed E-state index contributed by atoms with van der Waals surface area (Å²) in [5.74, 6) is 0.881. The van der Waals surface area contributed by atoms with E-state index in [1.807, 2.05) is 12.1 Å². The van der Waals surface area contributed by atoms with E-state index in [2.05, 4.69) is 25.2 Å². The zero-order valence-corrected chi connectivity index (χ0v) is 9.43. The first-order valence-corrected chi connectivity index (χ1v) is 5.56. The van der Waals surface area contributed by atoms with Gasteiger partial charge in [-0.1, -0.05) is 24.6 Å². The highest BCUT2D eigenvalue weighted by Gasteiger charge is 2.25. The van der Waals surface area contributed by atoms with E-state index in [1.165, 1.54) is 18.5 Å². The van der Waals surface area contributed by atoms with Gasteiger partial charge in [0, 0.05) is 16.8 Å². The van der Waals surface area contributed by atoms with Crippen molar-refractivity contribution in [2.45, 2.75) is 32.7 Å². The van der Waals surface area contributed by atoms with E-state index in [0.29, 0.717) is 6.04 Å². The van der Waals surface area contributed by atoms with Gasteiger partial charge in [-0.15, -0.1) is 0 Å². The molecule has 2 heteroatoms. The lowest BCUT2D eigenvalue weighted by atomic mass is 9.82. The molecular formula is C12H16ClN. The van der Waals surface area contributed by atoms with Gasteiger partial charge in [0.05, 0.1) is 0 Å². The monoisotopic (exact) mass is 209 g/mol. The number of hydrogen-bond donors (Lipinski definition) is 1. The minimum absolute atomic E-state index is 0.655. The van der Waals surface area contributed by atoms with E-state index >= 15 is 0 Å². The van der Waals surface area contributed by atoms with Gasteiger partial charge in [-0.25, -0.2) is 0 Å². The number of halogens is 1. The first-order valence-electron chi connectivity index (χ1n) is 5.18. The highest BCUT2D eigenvalue weighted by atomic mass is 35.5. The third-order valence-corrected chi connectivity index (χ3v) is 3.41. The fourth-order valence-corrected chi connectivity index (χ4v) is 2.18. The standard InChI is InChI=1S/C12H16ClN/c1-8-6-10(7-8)14-12-5-3-4-11(13)9(12)2/h3-5,8,10,14H,6-7H2,1-2H3. The summed E-state index contributed by atoms with van der Waals surface area (Å²) in [4.78, 5) is 0. The Morgan fingerprint density at radius 2 is 2.07 bits per heavy atom. The van der Waals surface area contributed by atoms with Crippen molar-refractivity contribution >= 4 is 17.3 Å². The quantitative estimate of drug-likeness (QED) is 0.780. The fourth-order valence-electron chi connectivity index (χ4n) is 2.00. The van der Waals surface area contributed by atoms with Crippen LogP contribution in [0.4, 0.5) is 5.69 Å². The van der Waals surface area contributed by atoms with Crippen LogP contribution in [0.3, 0.4) is 0 Å². The summed E-state index contributed by atoms with van der Waals surface area (Å²) in [5.41, 5.74) is 2.35. The molecule has 2 rings (SSSR count). The highest BCUT2D eigenvalue weighted by Crippen LogP contribution is 2.31. The van der Waals surface area contributed by atoms with Crippen LogP contribution in [0.1, 0.15) is 25.3 Å². The van der Waals surface area contributed by atoms with Crippen LogP contribution in [0, 0.1) is 12.8 Å². The summed E-state index contributed by atoms with van der Waals surface area (Å²) in [7, 11) is 0. The third kappa shape index (κ3) is 1.88. The maximum atomic E-state index is 6.05. The summed E-state index contributed by atoms with van der Waals surface area (Å²) in [6, 6.07) is 6.69. The van der Waals surface area contributed by atoms with Crippen molar-refractivity contribution in [1.29, 1.82) is 0 Å². The van der Waals surface area contributed by atoms with Crippen LogP contribution < -0.4 is 5.32 Å². The average Bonchev–Trinajstić information content (AvgIpc) is 2.10. The molecule has 0 amide bonds. The molecule has 14 heavy (non-hydrogen) atoms. The van der Waals surface area contributed by atoms with Crippen molar-refractivity contribution in [3.63, 3.8) is 0 Å². The van der Waals surface area contributed by atoms with Gasteiger partial charge in [0.25, 0.3) is 0 Å². The lowest BCUT2D eigenvalue weighted by Crippen LogP contribution is -2.33. The predicted molar refractivity (Wildman–Crippen MR) is 62.0 cm³/mol. The Morgan fingerprint density at radius 3 is 2.71 bits per heavy atom. The van der Waals surface area contributed by atoms with Crippen LogP contribution in [0.15, 0.2) is 18.2 Å². The molecule has 0 saturated heterocycles. The average molecular weight is 210 g/mol. The third-order valence-electron chi connectivity index (χ3n) is 3.00. The van der Waals surface area contributed by atoms with E-state index in [0.717, 1.165) is 16.5 Å². The molecule has 0 heterocycles. The van der Waals surface area contributed by atoms with Gasteiger partial charge < -0.3 is 5.32 Å². The SMILES string of the molecule is Cc1c(Cl)cccc1NC1CC(C)C1. The molecule has 0 aliphatic heterocycles. The Bertz CT molecular complexity index is 329. The number of anilines is 1. The van der Waals surface area contributed by atoms with Crippen LogP contribution in [-0.4, -0.2) is 6.04 Å². The van der Waals surface area contributed by atoms with Crippen molar-refractivity contribution in [3.8, 4) is 0 Å². The minimum atomic E-state index is 0.655. The molecule has 1 N–H and O–H groups in total. The summed E-state index contributed by atoms with van der Waals surface area (Å²) >= 11 is 6.05. The molecule has 0 aromatic heterocycles. The lowest BCUT2D eigenvalue weighted by molar-refractivity contribution is 0.309. The molecule has 1 fully saturated rings. The summed E-state index contributed by atoms with van der Waals surface area (Å²) in [6.07, 6.45) is 2.57. The first kappa shape index (κ1) is 9.85. The molecule has 0 radical (unpaired) electrons. The molecule has 0 atom stereocenters. The van der Waals surface area contributed by atoms with Crippen LogP contribution in [0.2, 0.25) is 5.02 Å². The summed E-state index contributed by atoms with van der Waals surface area (Å²) in [6.45, 7) is 4.36. The van der Waals surface area contributed by atoms with Crippen molar-refractivity contribution < 1.29 is 0 Å². The van der Waals surface area contributed by atoms with E-state index in [9.17, 15) is 0 Å². The summed E-state index contributed by atoms with van der Waals surface area (Å²) < 4.78 is 0. The van der Waals surface area contributed by atoms with Crippen LogP contribution >= 0.6 is 11.6 Å². The van der Waals surface area contributed by atoms with Gasteiger partial charge in [-0.3, -0.25) is 0 Å². The van der Waals surface area contributed by atoms with Crippen molar-refractivity contribution in [3.05, 3.63) is 28.8 Å². The van der Waals surface area contributed by atoms with Gasteiger partial charge in [-0.05, 0) is 43.4 Å². The van der Waals surface area contributed by atoms with Crippen molar-refractivity contribution in [1.82, 2.24) is 0 Å². The predicted octanol–water partition coefficient (Wildman–Crippen LogP) is 3.86. The van der Waals surface area contributed by atoms with Gasteiger partial charge in [0.2, 0.25) is 0 Å². The second kappa shape index (κ2) is 3.82. The fraction of sp³-hybridized carbons (Fsp3) is 0.500. The molecule has 0 bridgehead atoms. The largest absolute Gasteiger partial charge is 0.382 e. The molecule has 1 aliphatic rings. The Morgan fingerprint density at radius 1 is 1.36 bits per heavy atom. The zero-order valence-electron chi connectivity index (χ0n) is 8.68. The van der Waals surface area contributed by atoms with E-state index in [1.54, 1.807) is 0 Å². The molecule has 1 saturated carbocycles. The minimum Gasteiger partial charge on any atom is -0.382 e. The van der Waals surface area contributed by atoms with Crippen LogP contribution in [0.25, 0.3) is 0 Å². The number of nitrogens with one attached hydrogen (secondary N) is 1. The Kier molecular flexibility index (Phi) is 2.69. The Labute approximate surface area is 90.5 Å². The molecule has 1 aliphatic carbocycles. The maximum absolute atomic E-state index is 6.05. The van der Waals surface area contributed by atoms with Gasteiger partial charge in [-0.2, -0.15) is 0 Å². The second-order valence-corrected chi connectivity index (χ2v) is 4.74. The zero-order chi connectivity index (χ0) is 10.1. The van der Waals surface area contributed by atoms with Crippen molar-refractivity contribution in [2.24, 2.45) is 5.92 Å². The van der Waals surface area contributed by atoms with Crippen LogP contribution in [0.5, 0.6) is 0 Å².